The molecule has 0 aliphatic heterocycles. The lowest BCUT2D eigenvalue weighted by Gasteiger charge is -2.24. The van der Waals surface area contributed by atoms with Crippen LogP contribution in [0.1, 0.15) is 18.9 Å². The molecule has 0 saturated carbocycles. The van der Waals surface area contributed by atoms with Gasteiger partial charge in [-0.3, -0.25) is 9.10 Å². The van der Waals surface area contributed by atoms with Crippen LogP contribution in [-0.4, -0.2) is 26.9 Å². The van der Waals surface area contributed by atoms with Crippen LogP contribution in [0, 0.1) is 5.82 Å². The minimum Gasteiger partial charge on any atom is -0.352 e. The lowest BCUT2D eigenvalue weighted by atomic mass is 10.1. The maximum absolute atomic E-state index is 14.4. The first kappa shape index (κ1) is 22.0. The van der Waals surface area contributed by atoms with Crippen molar-refractivity contribution in [2.24, 2.45) is 0 Å². The SMILES string of the molecule is C[C@@H](CCc1ccccc1)NC(=O)CN(c1ccccc1F)S(=O)(=O)c1cccs1. The number of sulfonamides is 1. The molecular formula is C22H23FN2O3S2. The smallest absolute Gasteiger partial charge is 0.274 e. The van der Waals surface area contributed by atoms with Crippen molar-refractivity contribution in [3.8, 4) is 0 Å². The van der Waals surface area contributed by atoms with Crippen LogP contribution in [-0.2, 0) is 21.2 Å². The zero-order chi connectivity index (χ0) is 21.6. The molecule has 2 aromatic carbocycles. The molecule has 3 aromatic rings. The largest absolute Gasteiger partial charge is 0.352 e. The van der Waals surface area contributed by atoms with E-state index in [9.17, 15) is 17.6 Å². The van der Waals surface area contributed by atoms with Gasteiger partial charge in [0, 0.05) is 6.04 Å². The monoisotopic (exact) mass is 446 g/mol. The average molecular weight is 447 g/mol. The van der Waals surface area contributed by atoms with E-state index in [4.69, 9.17) is 0 Å². The molecule has 0 fully saturated rings. The van der Waals surface area contributed by atoms with Gasteiger partial charge in [-0.25, -0.2) is 12.8 Å². The molecule has 5 nitrogen and oxygen atoms in total. The molecule has 0 aliphatic rings. The minimum absolute atomic E-state index is 0.0516. The standard InChI is InChI=1S/C22H23FN2O3S2/c1-17(13-14-18-8-3-2-4-9-18)24-21(26)16-25(20-11-6-5-10-19(20)23)30(27,28)22-12-7-15-29-22/h2-12,15,17H,13-14,16H2,1H3,(H,24,26)/t17-/m0/s1. The fourth-order valence-corrected chi connectivity index (χ4v) is 5.56. The van der Waals surface area contributed by atoms with Gasteiger partial charge in [0.15, 0.2) is 0 Å². The minimum atomic E-state index is -4.07. The molecule has 0 spiro atoms. The van der Waals surface area contributed by atoms with Crippen LogP contribution in [0.25, 0.3) is 0 Å². The molecule has 8 heteroatoms. The van der Waals surface area contributed by atoms with Crippen molar-refractivity contribution in [2.45, 2.75) is 30.0 Å². The molecule has 1 N–H and O–H groups in total. The van der Waals surface area contributed by atoms with Crippen molar-refractivity contribution in [3.05, 3.63) is 83.5 Å². The highest BCUT2D eigenvalue weighted by molar-refractivity contribution is 7.94. The number of thiophene rings is 1. The summed E-state index contributed by atoms with van der Waals surface area (Å²) >= 11 is 1.02. The summed E-state index contributed by atoms with van der Waals surface area (Å²) in [4.78, 5) is 12.6. The van der Waals surface area contributed by atoms with Crippen molar-refractivity contribution in [3.63, 3.8) is 0 Å². The van der Waals surface area contributed by atoms with Gasteiger partial charge in [0.2, 0.25) is 5.91 Å². The third-order valence-corrected chi connectivity index (χ3v) is 7.70. The van der Waals surface area contributed by atoms with Gasteiger partial charge in [-0.1, -0.05) is 48.5 Å². The summed E-state index contributed by atoms with van der Waals surface area (Å²) in [7, 11) is -4.07. The molecule has 0 saturated heterocycles. The summed E-state index contributed by atoms with van der Waals surface area (Å²) in [6.07, 6.45) is 1.49. The van der Waals surface area contributed by atoms with Gasteiger partial charge in [-0.05, 0) is 48.9 Å². The molecule has 0 radical (unpaired) electrons. The first-order chi connectivity index (χ1) is 14.4. The molecule has 1 amide bonds. The number of carbonyl (C=O) groups is 1. The van der Waals surface area contributed by atoms with Gasteiger partial charge in [0.25, 0.3) is 10.0 Å². The second-order valence-electron chi connectivity index (χ2n) is 6.89. The summed E-state index contributed by atoms with van der Waals surface area (Å²) in [5, 5.41) is 4.45. The predicted molar refractivity (Wildman–Crippen MR) is 118 cm³/mol. The number of amides is 1. The number of aryl methyl sites for hydroxylation is 1. The predicted octanol–water partition coefficient (Wildman–Crippen LogP) is 4.22. The summed E-state index contributed by atoms with van der Waals surface area (Å²) in [5.41, 5.74) is 1.00. The molecule has 30 heavy (non-hydrogen) atoms. The Labute approximate surface area is 180 Å². The number of nitrogens with one attached hydrogen (secondary N) is 1. The number of halogens is 1. The van der Waals surface area contributed by atoms with Crippen molar-refractivity contribution in [2.75, 3.05) is 10.8 Å². The second kappa shape index (κ2) is 9.86. The molecule has 1 atom stereocenters. The maximum Gasteiger partial charge on any atom is 0.274 e. The van der Waals surface area contributed by atoms with Crippen LogP contribution in [0.5, 0.6) is 0 Å². The number of hydrogen-bond acceptors (Lipinski definition) is 4. The van der Waals surface area contributed by atoms with E-state index in [2.05, 4.69) is 5.32 Å². The summed E-state index contributed by atoms with van der Waals surface area (Å²) in [6, 6.07) is 18.3. The number of anilines is 1. The number of benzene rings is 2. The molecule has 158 valence electrons. The average Bonchev–Trinajstić information content (AvgIpc) is 3.28. The summed E-state index contributed by atoms with van der Waals surface area (Å²) in [6.45, 7) is 1.36. The van der Waals surface area contributed by atoms with Crippen LogP contribution >= 0.6 is 11.3 Å². The van der Waals surface area contributed by atoms with Crippen molar-refractivity contribution in [1.82, 2.24) is 5.32 Å². The van der Waals surface area contributed by atoms with Crippen LogP contribution in [0.15, 0.2) is 76.3 Å². The van der Waals surface area contributed by atoms with E-state index in [1.807, 2.05) is 37.3 Å². The number of carbonyl (C=O) groups excluding carboxylic acids is 1. The molecule has 0 aliphatic carbocycles. The van der Waals surface area contributed by atoms with E-state index >= 15 is 0 Å². The van der Waals surface area contributed by atoms with E-state index in [1.54, 1.807) is 11.4 Å². The van der Waals surface area contributed by atoms with Gasteiger partial charge in [0.05, 0.1) is 5.69 Å². The van der Waals surface area contributed by atoms with Gasteiger partial charge in [0.1, 0.15) is 16.6 Å². The second-order valence-corrected chi connectivity index (χ2v) is 9.92. The Morgan fingerprint density at radius 2 is 1.77 bits per heavy atom. The summed E-state index contributed by atoms with van der Waals surface area (Å²) < 4.78 is 41.4. The number of rotatable bonds is 9. The third-order valence-electron chi connectivity index (χ3n) is 4.56. The van der Waals surface area contributed by atoms with Crippen molar-refractivity contribution < 1.29 is 17.6 Å². The van der Waals surface area contributed by atoms with E-state index in [1.165, 1.54) is 30.3 Å². The molecule has 3 rings (SSSR count). The number of nitrogens with zero attached hydrogens (tertiary/aromatic N) is 1. The van der Waals surface area contributed by atoms with Crippen LogP contribution in [0.4, 0.5) is 10.1 Å². The number of hydrogen-bond donors (Lipinski definition) is 1. The number of para-hydroxylation sites is 1. The van der Waals surface area contributed by atoms with Gasteiger partial charge in [-0.2, -0.15) is 0 Å². The molecule has 0 unspecified atom stereocenters. The fourth-order valence-electron chi connectivity index (χ4n) is 3.02. The Bertz CT molecular complexity index is 1070. The van der Waals surface area contributed by atoms with E-state index in [-0.39, 0.29) is 15.9 Å². The molecular weight excluding hydrogens is 423 g/mol. The Balaban J connectivity index is 1.73. The zero-order valence-electron chi connectivity index (χ0n) is 16.5. The highest BCUT2D eigenvalue weighted by Crippen LogP contribution is 2.28. The zero-order valence-corrected chi connectivity index (χ0v) is 18.1. The Morgan fingerprint density at radius 1 is 1.07 bits per heavy atom. The highest BCUT2D eigenvalue weighted by Gasteiger charge is 2.30. The summed E-state index contributed by atoms with van der Waals surface area (Å²) in [5.74, 6) is -1.19. The van der Waals surface area contributed by atoms with Crippen molar-refractivity contribution >= 4 is 33.0 Å². The lowest BCUT2D eigenvalue weighted by molar-refractivity contribution is -0.120. The Hall–Kier alpha value is -2.71. The van der Waals surface area contributed by atoms with E-state index < -0.39 is 28.3 Å². The van der Waals surface area contributed by atoms with E-state index in [0.717, 1.165) is 27.6 Å². The first-order valence-electron chi connectivity index (χ1n) is 9.52. The quantitative estimate of drug-likeness (QED) is 0.535. The highest BCUT2D eigenvalue weighted by atomic mass is 32.2. The third kappa shape index (κ3) is 5.46. The first-order valence-corrected chi connectivity index (χ1v) is 11.8. The Kier molecular flexibility index (Phi) is 7.23. The van der Waals surface area contributed by atoms with Gasteiger partial charge >= 0.3 is 0 Å². The lowest BCUT2D eigenvalue weighted by Crippen LogP contribution is -2.43. The molecule has 1 aromatic heterocycles. The topological polar surface area (TPSA) is 66.5 Å². The normalized spacial score (nSPS) is 12.3. The van der Waals surface area contributed by atoms with Crippen molar-refractivity contribution in [1.29, 1.82) is 0 Å². The fraction of sp³-hybridized carbons (Fsp3) is 0.227. The van der Waals surface area contributed by atoms with E-state index in [0.29, 0.717) is 6.42 Å². The van der Waals surface area contributed by atoms with Gasteiger partial charge in [-0.15, -0.1) is 11.3 Å². The van der Waals surface area contributed by atoms with Crippen LogP contribution < -0.4 is 9.62 Å². The molecule has 0 bridgehead atoms. The van der Waals surface area contributed by atoms with Gasteiger partial charge < -0.3 is 5.32 Å². The Morgan fingerprint density at radius 3 is 2.43 bits per heavy atom. The van der Waals surface area contributed by atoms with Crippen LogP contribution in [0.2, 0.25) is 0 Å². The maximum atomic E-state index is 14.4. The molecule has 1 heterocycles. The van der Waals surface area contributed by atoms with Crippen LogP contribution in [0.3, 0.4) is 0 Å².